The van der Waals surface area contributed by atoms with Gasteiger partial charge in [-0.1, -0.05) is 17.7 Å². The molecule has 33 heavy (non-hydrogen) atoms. The number of nitrogens with zero attached hydrogens (tertiary/aromatic N) is 1. The number of thiazole rings is 1. The normalized spacial score (nSPS) is 11.2. The van der Waals surface area contributed by atoms with E-state index in [0.29, 0.717) is 22.1 Å². The first-order valence-corrected chi connectivity index (χ1v) is 12.0. The van der Waals surface area contributed by atoms with Crippen LogP contribution in [0.4, 0.5) is 10.8 Å². The van der Waals surface area contributed by atoms with Gasteiger partial charge < -0.3 is 10.7 Å². The van der Waals surface area contributed by atoms with Crippen LogP contribution >= 0.6 is 11.3 Å². The Labute approximate surface area is 193 Å². The molecule has 0 aliphatic rings. The molecule has 0 radical (unpaired) electrons. The minimum Gasteiger partial charge on any atom is -0.364 e. The first-order valence-electron chi connectivity index (χ1n) is 9.66. The number of primary amides is 1. The van der Waals surface area contributed by atoms with E-state index in [1.165, 1.54) is 35.6 Å². The van der Waals surface area contributed by atoms with Gasteiger partial charge in [-0.05, 0) is 49.4 Å². The van der Waals surface area contributed by atoms with Crippen molar-refractivity contribution in [2.45, 2.75) is 11.8 Å². The van der Waals surface area contributed by atoms with Crippen molar-refractivity contribution < 1.29 is 18.0 Å². The number of carbonyl (C=O) groups excluding carboxylic acids is 2. The largest absolute Gasteiger partial charge is 0.364 e. The van der Waals surface area contributed by atoms with Crippen LogP contribution in [0.3, 0.4) is 0 Å². The molecule has 2 aromatic carbocycles. The maximum atomic E-state index is 12.6. The van der Waals surface area contributed by atoms with Crippen LogP contribution in [0, 0.1) is 6.92 Å². The van der Waals surface area contributed by atoms with E-state index in [9.17, 15) is 18.0 Å². The van der Waals surface area contributed by atoms with Gasteiger partial charge in [-0.25, -0.2) is 13.4 Å². The molecule has 4 aromatic rings. The second-order valence-electron chi connectivity index (χ2n) is 7.15. The summed E-state index contributed by atoms with van der Waals surface area (Å²) in [5.74, 6) is -1.01. The molecular weight excluding hydrogens is 462 g/mol. The molecule has 0 saturated carbocycles. The molecular formula is C22H19N5O4S2. The number of hydrogen-bond acceptors (Lipinski definition) is 6. The van der Waals surface area contributed by atoms with Crippen LogP contribution in [0.15, 0.2) is 71.1 Å². The number of rotatable bonds is 7. The standard InChI is InChI=1S/C22H19N5O4S2/c1-13-2-6-16(7-3-13)27-33(30,31)17-8-4-14(5-9-17)21(29)26-22-25-19(12-32-22)15-10-18(20(23)28)24-11-15/h2-12,24,27H,1H3,(H2,23,28)(H,25,26,29). The molecule has 0 fully saturated rings. The zero-order chi connectivity index (χ0) is 23.6. The second-order valence-corrected chi connectivity index (χ2v) is 9.69. The Bertz CT molecular complexity index is 1420. The SMILES string of the molecule is Cc1ccc(NS(=O)(=O)c2ccc(C(=O)Nc3nc(-c4c[nH]c(C(N)=O)c4)cs3)cc2)cc1. The van der Waals surface area contributed by atoms with Crippen molar-refractivity contribution >= 4 is 44.0 Å². The molecule has 0 spiro atoms. The van der Waals surface area contributed by atoms with Crippen molar-refractivity contribution in [1.82, 2.24) is 9.97 Å². The summed E-state index contributed by atoms with van der Waals surface area (Å²) in [7, 11) is -3.79. The maximum Gasteiger partial charge on any atom is 0.265 e. The highest BCUT2D eigenvalue weighted by atomic mass is 32.2. The topological polar surface area (TPSA) is 147 Å². The Kier molecular flexibility index (Phi) is 5.99. The second kappa shape index (κ2) is 8.88. The van der Waals surface area contributed by atoms with Crippen LogP contribution in [0.5, 0.6) is 0 Å². The number of H-pyrrole nitrogens is 1. The smallest absolute Gasteiger partial charge is 0.265 e. The highest BCUT2D eigenvalue weighted by Crippen LogP contribution is 2.26. The van der Waals surface area contributed by atoms with Crippen molar-refractivity contribution in [1.29, 1.82) is 0 Å². The van der Waals surface area contributed by atoms with Crippen LogP contribution < -0.4 is 15.8 Å². The summed E-state index contributed by atoms with van der Waals surface area (Å²) >= 11 is 1.22. The lowest BCUT2D eigenvalue weighted by Crippen LogP contribution is -2.14. The zero-order valence-corrected chi connectivity index (χ0v) is 19.0. The van der Waals surface area contributed by atoms with Crippen molar-refractivity contribution in [3.63, 3.8) is 0 Å². The van der Waals surface area contributed by atoms with Gasteiger partial charge in [0.15, 0.2) is 5.13 Å². The van der Waals surface area contributed by atoms with E-state index in [1.807, 2.05) is 19.1 Å². The number of nitrogens with two attached hydrogens (primary N) is 1. The van der Waals surface area contributed by atoms with E-state index in [-0.39, 0.29) is 16.2 Å². The van der Waals surface area contributed by atoms with E-state index in [4.69, 9.17) is 5.73 Å². The van der Waals surface area contributed by atoms with Gasteiger partial charge in [-0.2, -0.15) is 0 Å². The van der Waals surface area contributed by atoms with Crippen LogP contribution in [0.1, 0.15) is 26.4 Å². The van der Waals surface area contributed by atoms with E-state index in [2.05, 4.69) is 20.0 Å². The first kappa shape index (κ1) is 22.2. The van der Waals surface area contributed by atoms with Crippen LogP contribution in [-0.2, 0) is 10.0 Å². The third-order valence-corrected chi connectivity index (χ3v) is 6.85. The summed E-state index contributed by atoms with van der Waals surface area (Å²) in [4.78, 5) is 30.9. The molecule has 168 valence electrons. The Morgan fingerprint density at radius 2 is 1.76 bits per heavy atom. The van der Waals surface area contributed by atoms with Gasteiger partial charge in [0.1, 0.15) is 5.69 Å². The fourth-order valence-electron chi connectivity index (χ4n) is 2.94. The van der Waals surface area contributed by atoms with Gasteiger partial charge >= 0.3 is 0 Å². The number of nitrogens with one attached hydrogen (secondary N) is 3. The van der Waals surface area contributed by atoms with Crippen LogP contribution in [0.25, 0.3) is 11.3 Å². The minimum atomic E-state index is -3.79. The number of aromatic nitrogens is 2. The number of aryl methyl sites for hydroxylation is 1. The summed E-state index contributed by atoms with van der Waals surface area (Å²) in [6.45, 7) is 1.91. The Balaban J connectivity index is 1.43. The molecule has 4 rings (SSSR count). The molecule has 0 saturated heterocycles. The fraction of sp³-hybridized carbons (Fsp3) is 0.0455. The number of carbonyl (C=O) groups is 2. The number of sulfonamides is 1. The van der Waals surface area contributed by atoms with Gasteiger partial charge in [0.25, 0.3) is 21.8 Å². The number of anilines is 2. The predicted octanol–water partition coefficient (Wildman–Crippen LogP) is 3.60. The minimum absolute atomic E-state index is 0.0360. The molecule has 0 aliphatic heterocycles. The van der Waals surface area contributed by atoms with Crippen molar-refractivity contribution in [3.05, 3.63) is 83.0 Å². The van der Waals surface area contributed by atoms with Gasteiger partial charge in [-0.15, -0.1) is 11.3 Å². The van der Waals surface area contributed by atoms with Crippen molar-refractivity contribution in [3.8, 4) is 11.3 Å². The summed E-state index contributed by atoms with van der Waals surface area (Å²) in [5, 5.41) is 4.77. The molecule has 0 bridgehead atoms. The van der Waals surface area contributed by atoms with E-state index >= 15 is 0 Å². The van der Waals surface area contributed by atoms with Gasteiger partial charge in [-0.3, -0.25) is 19.6 Å². The van der Waals surface area contributed by atoms with Gasteiger partial charge in [0.05, 0.1) is 10.6 Å². The van der Waals surface area contributed by atoms with E-state index < -0.39 is 21.8 Å². The summed E-state index contributed by atoms with van der Waals surface area (Å²) < 4.78 is 27.7. The van der Waals surface area contributed by atoms with Gasteiger partial charge in [0.2, 0.25) is 0 Å². The monoisotopic (exact) mass is 481 g/mol. The third kappa shape index (κ3) is 5.10. The number of hydrogen-bond donors (Lipinski definition) is 4. The highest BCUT2D eigenvalue weighted by molar-refractivity contribution is 7.92. The van der Waals surface area contributed by atoms with E-state index in [0.717, 1.165) is 5.56 Å². The molecule has 2 amide bonds. The molecule has 5 N–H and O–H groups in total. The van der Waals surface area contributed by atoms with E-state index in [1.54, 1.807) is 29.8 Å². The predicted molar refractivity (Wildman–Crippen MR) is 127 cm³/mol. The quantitative estimate of drug-likeness (QED) is 0.318. The zero-order valence-electron chi connectivity index (χ0n) is 17.3. The molecule has 2 heterocycles. The molecule has 11 heteroatoms. The summed E-state index contributed by atoms with van der Waals surface area (Å²) in [5.41, 5.74) is 8.48. The number of amides is 2. The lowest BCUT2D eigenvalue weighted by molar-refractivity contribution is 0.0994. The lowest BCUT2D eigenvalue weighted by Gasteiger charge is -2.09. The fourth-order valence-corrected chi connectivity index (χ4v) is 4.71. The molecule has 0 atom stereocenters. The Morgan fingerprint density at radius 3 is 2.39 bits per heavy atom. The average Bonchev–Trinajstić information content (AvgIpc) is 3.45. The van der Waals surface area contributed by atoms with Gasteiger partial charge in [0, 0.05) is 28.4 Å². The molecule has 0 unspecified atom stereocenters. The average molecular weight is 482 g/mol. The number of benzene rings is 2. The maximum absolute atomic E-state index is 12.6. The molecule has 2 aromatic heterocycles. The summed E-state index contributed by atoms with van der Waals surface area (Å²) in [6, 6.07) is 14.1. The third-order valence-electron chi connectivity index (χ3n) is 4.70. The van der Waals surface area contributed by atoms with Crippen molar-refractivity contribution in [2.24, 2.45) is 5.73 Å². The van der Waals surface area contributed by atoms with Crippen LogP contribution in [-0.4, -0.2) is 30.2 Å². The van der Waals surface area contributed by atoms with Crippen molar-refractivity contribution in [2.75, 3.05) is 10.0 Å². The highest BCUT2D eigenvalue weighted by Gasteiger charge is 2.16. The Hall–Kier alpha value is -3.96. The Morgan fingerprint density at radius 1 is 1.06 bits per heavy atom. The number of aromatic amines is 1. The lowest BCUT2D eigenvalue weighted by atomic mass is 10.2. The van der Waals surface area contributed by atoms with Crippen LogP contribution in [0.2, 0.25) is 0 Å². The summed E-state index contributed by atoms with van der Waals surface area (Å²) in [6.07, 6.45) is 1.60. The first-order chi connectivity index (χ1) is 15.7. The molecule has 0 aliphatic carbocycles. The molecule has 9 nitrogen and oxygen atoms in total.